The third kappa shape index (κ3) is 8.47. The molecule has 3 heterocycles. The Kier molecular flexibility index (Phi) is 11.2. The van der Waals surface area contributed by atoms with Crippen LogP contribution < -0.4 is 14.8 Å². The van der Waals surface area contributed by atoms with Crippen LogP contribution in [0.2, 0.25) is 0 Å². The van der Waals surface area contributed by atoms with Crippen LogP contribution >= 0.6 is 0 Å². The maximum atomic E-state index is 13.0. The van der Waals surface area contributed by atoms with Crippen molar-refractivity contribution < 1.29 is 29.0 Å². The van der Waals surface area contributed by atoms with Crippen molar-refractivity contribution in [2.24, 2.45) is 5.92 Å². The molecule has 2 unspecified atom stereocenters. The summed E-state index contributed by atoms with van der Waals surface area (Å²) in [6, 6.07) is 31.1. The highest BCUT2D eigenvalue weighted by atomic mass is 16.5. The fourth-order valence-corrected chi connectivity index (χ4v) is 7.89. The fraction of sp³-hybridized carbons (Fsp3) is 0.341. The van der Waals surface area contributed by atoms with Crippen LogP contribution in [0.5, 0.6) is 17.2 Å². The van der Waals surface area contributed by atoms with E-state index in [2.05, 4.69) is 53.5 Å². The number of hydrogen-bond donors (Lipinski definition) is 2. The van der Waals surface area contributed by atoms with Gasteiger partial charge in [-0.15, -0.1) is 0 Å². The molecule has 2 saturated heterocycles. The quantitative estimate of drug-likeness (QED) is 0.113. The molecule has 0 spiro atoms. The summed E-state index contributed by atoms with van der Waals surface area (Å²) in [5.41, 5.74) is 7.19. The number of likely N-dealkylation sites (tertiary alicyclic amines) is 1. The molecular formula is C44H47N3O6. The van der Waals surface area contributed by atoms with Crippen molar-refractivity contribution in [3.05, 3.63) is 125 Å². The third-order valence-electron chi connectivity index (χ3n) is 10.6. The van der Waals surface area contributed by atoms with Crippen LogP contribution in [0.4, 0.5) is 0 Å². The summed E-state index contributed by atoms with van der Waals surface area (Å²) >= 11 is 0. The minimum atomic E-state index is -0.621. The van der Waals surface area contributed by atoms with Crippen LogP contribution in [0.25, 0.3) is 11.1 Å². The van der Waals surface area contributed by atoms with Gasteiger partial charge >= 0.3 is 0 Å². The van der Waals surface area contributed by atoms with Gasteiger partial charge in [0.05, 0.1) is 6.61 Å². The number of carbonyl (C=O) groups excluding carboxylic acids is 3. The summed E-state index contributed by atoms with van der Waals surface area (Å²) in [6.07, 6.45) is 4.71. The van der Waals surface area contributed by atoms with Gasteiger partial charge in [0.1, 0.15) is 29.9 Å². The summed E-state index contributed by atoms with van der Waals surface area (Å²) in [4.78, 5) is 41.0. The average Bonchev–Trinajstić information content (AvgIpc) is 3.50. The minimum absolute atomic E-state index is 0.175. The first kappa shape index (κ1) is 36.0. The van der Waals surface area contributed by atoms with Crippen molar-refractivity contribution >= 4 is 28.9 Å². The van der Waals surface area contributed by atoms with E-state index in [0.717, 1.165) is 72.7 Å². The molecule has 3 amide bonds. The van der Waals surface area contributed by atoms with E-state index in [1.807, 2.05) is 42.5 Å². The summed E-state index contributed by atoms with van der Waals surface area (Å²) in [6.45, 7) is 6.64. The number of allylic oxidation sites excluding steroid dienone is 1. The molecule has 2 fully saturated rings. The molecule has 3 aliphatic heterocycles. The third-order valence-corrected chi connectivity index (χ3v) is 10.6. The second kappa shape index (κ2) is 16.5. The van der Waals surface area contributed by atoms with E-state index in [-0.39, 0.29) is 24.0 Å². The molecule has 53 heavy (non-hydrogen) atoms. The molecule has 274 valence electrons. The van der Waals surface area contributed by atoms with Gasteiger partial charge in [-0.2, -0.15) is 0 Å². The Bertz CT molecular complexity index is 1960. The molecule has 0 bridgehead atoms. The lowest BCUT2D eigenvalue weighted by Crippen LogP contribution is -2.52. The monoisotopic (exact) mass is 713 g/mol. The van der Waals surface area contributed by atoms with Gasteiger partial charge in [0.2, 0.25) is 11.8 Å². The Morgan fingerprint density at radius 2 is 1.55 bits per heavy atom. The van der Waals surface area contributed by atoms with Crippen molar-refractivity contribution in [1.82, 2.24) is 15.1 Å². The fourth-order valence-electron chi connectivity index (χ4n) is 7.89. The number of fused-ring (bicyclic) bond motifs is 1. The smallest absolute Gasteiger partial charge is 0.255 e. The van der Waals surface area contributed by atoms with Crippen LogP contribution in [0.1, 0.15) is 78.1 Å². The number of piperidine rings is 2. The summed E-state index contributed by atoms with van der Waals surface area (Å²) in [5, 5.41) is 12.3. The molecule has 7 rings (SSSR count). The maximum Gasteiger partial charge on any atom is 0.255 e. The minimum Gasteiger partial charge on any atom is -0.508 e. The summed E-state index contributed by atoms with van der Waals surface area (Å²) in [7, 11) is 0. The van der Waals surface area contributed by atoms with Crippen molar-refractivity contribution in [1.29, 1.82) is 0 Å². The number of nitrogens with zero attached hydrogens (tertiary/aromatic N) is 2. The van der Waals surface area contributed by atoms with Gasteiger partial charge in [0.25, 0.3) is 5.91 Å². The summed E-state index contributed by atoms with van der Waals surface area (Å²) < 4.78 is 12.4. The number of hydrogen-bond acceptors (Lipinski definition) is 7. The second-order valence-corrected chi connectivity index (χ2v) is 14.2. The Balaban J connectivity index is 0.894. The molecule has 4 aromatic carbocycles. The predicted molar refractivity (Wildman–Crippen MR) is 204 cm³/mol. The highest BCUT2D eigenvalue weighted by molar-refractivity contribution is 6.05. The molecule has 0 aliphatic carbocycles. The first-order valence-corrected chi connectivity index (χ1v) is 18.8. The zero-order valence-corrected chi connectivity index (χ0v) is 30.3. The van der Waals surface area contributed by atoms with E-state index in [0.29, 0.717) is 37.7 Å². The van der Waals surface area contributed by atoms with Gasteiger partial charge in [-0.05, 0) is 120 Å². The van der Waals surface area contributed by atoms with Crippen molar-refractivity contribution in [3.8, 4) is 17.2 Å². The lowest BCUT2D eigenvalue weighted by Gasteiger charge is -2.32. The van der Waals surface area contributed by atoms with Gasteiger partial charge in [-0.25, -0.2) is 0 Å². The molecule has 0 saturated carbocycles. The van der Waals surface area contributed by atoms with Crippen LogP contribution in [0.15, 0.2) is 97.1 Å². The maximum absolute atomic E-state index is 13.0. The second-order valence-electron chi connectivity index (χ2n) is 14.2. The predicted octanol–water partition coefficient (Wildman–Crippen LogP) is 7.08. The SMILES string of the molecule is CCC(=C(c1ccc(O)cc1)c1ccc(OCCN2CCCC(CCOc3ccc4c(c3)CN(C3CCC(=O)NC3=O)C4=O)C2)cc1)c1ccccc1. The first-order chi connectivity index (χ1) is 25.9. The van der Waals surface area contributed by atoms with Crippen LogP contribution in [0.3, 0.4) is 0 Å². The normalized spacial score (nSPS) is 19.4. The zero-order chi connectivity index (χ0) is 36.7. The van der Waals surface area contributed by atoms with Gasteiger partial charge in [-0.3, -0.25) is 24.6 Å². The molecule has 4 aromatic rings. The standard InChI is InChI=1S/C44H47N3O6/c1-2-38(31-8-4-3-5-9-31)42(32-10-14-35(48)15-11-32)33-12-16-36(17-13-33)53-26-24-46-23-6-7-30(28-46)22-25-52-37-18-19-39-34(27-37)29-47(44(39)51)40-20-21-41(49)45-43(40)50/h3-5,8-19,27,30,40,48H,2,6-7,20-26,28-29H2,1H3,(H,45,49,50). The topological polar surface area (TPSA) is 108 Å². The first-order valence-electron chi connectivity index (χ1n) is 18.8. The van der Waals surface area contributed by atoms with E-state index in [9.17, 15) is 19.5 Å². The van der Waals surface area contributed by atoms with E-state index in [4.69, 9.17) is 9.47 Å². The number of benzene rings is 4. The van der Waals surface area contributed by atoms with Crippen LogP contribution in [0, 0.1) is 5.92 Å². The number of phenolic OH excluding ortho intramolecular Hbond substituents is 1. The Morgan fingerprint density at radius 1 is 0.830 bits per heavy atom. The number of ether oxygens (including phenoxy) is 2. The van der Waals surface area contributed by atoms with E-state index in [1.165, 1.54) is 17.6 Å². The van der Waals surface area contributed by atoms with E-state index in [1.54, 1.807) is 23.1 Å². The lowest BCUT2D eigenvalue weighted by molar-refractivity contribution is -0.136. The molecule has 9 nitrogen and oxygen atoms in total. The van der Waals surface area contributed by atoms with Gasteiger partial charge in [-0.1, -0.05) is 61.5 Å². The molecule has 9 heteroatoms. The number of amides is 3. The molecule has 2 N–H and O–H groups in total. The molecular weight excluding hydrogens is 666 g/mol. The van der Waals surface area contributed by atoms with Crippen molar-refractivity contribution in [2.45, 2.75) is 58.0 Å². The molecule has 2 atom stereocenters. The highest BCUT2D eigenvalue weighted by Gasteiger charge is 2.39. The van der Waals surface area contributed by atoms with E-state index >= 15 is 0 Å². The zero-order valence-electron chi connectivity index (χ0n) is 30.3. The Hall–Kier alpha value is -5.41. The van der Waals surface area contributed by atoms with Crippen molar-refractivity contribution in [2.75, 3.05) is 32.8 Å². The van der Waals surface area contributed by atoms with E-state index < -0.39 is 11.9 Å². The molecule has 3 aliphatic rings. The number of imide groups is 1. The number of nitrogens with one attached hydrogen (secondary N) is 1. The van der Waals surface area contributed by atoms with Crippen molar-refractivity contribution in [3.63, 3.8) is 0 Å². The molecule has 0 radical (unpaired) electrons. The highest BCUT2D eigenvalue weighted by Crippen LogP contribution is 2.36. The number of phenols is 1. The van der Waals surface area contributed by atoms with Gasteiger partial charge in [0.15, 0.2) is 0 Å². The summed E-state index contributed by atoms with van der Waals surface area (Å²) in [5.74, 6) is 1.48. The molecule has 0 aromatic heterocycles. The van der Waals surface area contributed by atoms with Gasteiger partial charge in [0, 0.05) is 31.6 Å². The average molecular weight is 714 g/mol. The van der Waals surface area contributed by atoms with Gasteiger partial charge < -0.3 is 19.5 Å². The number of aromatic hydroxyl groups is 1. The lowest BCUT2D eigenvalue weighted by atomic mass is 9.88. The van der Waals surface area contributed by atoms with Crippen LogP contribution in [-0.4, -0.2) is 71.5 Å². The largest absolute Gasteiger partial charge is 0.508 e. The van der Waals surface area contributed by atoms with Crippen LogP contribution in [-0.2, 0) is 16.1 Å². The number of carbonyl (C=O) groups is 3. The Morgan fingerprint density at radius 3 is 2.28 bits per heavy atom. The Labute approximate surface area is 311 Å². The number of rotatable bonds is 13.